The normalized spacial score (nSPS) is 10.1. The minimum absolute atomic E-state index is 0.494. The quantitative estimate of drug-likeness (QED) is 0.942. The molecule has 2 aromatic rings. The maximum Gasteiger partial charge on any atom is 0.238 e. The molecule has 0 atom stereocenters. The van der Waals surface area contributed by atoms with Crippen LogP contribution in [-0.2, 0) is 0 Å². The molecule has 17 heavy (non-hydrogen) atoms. The Balaban J connectivity index is 2.27. The SMILES string of the molecule is CNc1ncnc(Oc2ccc(C)cc2)c1Br. The summed E-state index contributed by atoms with van der Waals surface area (Å²) in [5.41, 5.74) is 1.19. The molecule has 4 nitrogen and oxygen atoms in total. The maximum absolute atomic E-state index is 5.67. The van der Waals surface area contributed by atoms with Gasteiger partial charge in [-0.1, -0.05) is 17.7 Å². The van der Waals surface area contributed by atoms with Gasteiger partial charge in [0.25, 0.3) is 0 Å². The molecule has 0 saturated carbocycles. The molecule has 0 bridgehead atoms. The van der Waals surface area contributed by atoms with Crippen LogP contribution in [0, 0.1) is 6.92 Å². The Morgan fingerprint density at radius 1 is 1.18 bits per heavy atom. The number of ether oxygens (including phenoxy) is 1. The number of halogens is 1. The van der Waals surface area contributed by atoms with Gasteiger partial charge in [-0.15, -0.1) is 0 Å². The number of hydrogen-bond acceptors (Lipinski definition) is 4. The van der Waals surface area contributed by atoms with Crippen LogP contribution in [0.4, 0.5) is 5.82 Å². The Labute approximate surface area is 108 Å². The molecule has 0 aliphatic heterocycles. The van der Waals surface area contributed by atoms with Gasteiger partial charge in [0, 0.05) is 7.05 Å². The van der Waals surface area contributed by atoms with Crippen molar-refractivity contribution in [1.82, 2.24) is 9.97 Å². The average molecular weight is 294 g/mol. The molecule has 0 fully saturated rings. The second-order valence-electron chi connectivity index (χ2n) is 3.51. The highest BCUT2D eigenvalue weighted by Gasteiger charge is 2.09. The van der Waals surface area contributed by atoms with Crippen molar-refractivity contribution in [1.29, 1.82) is 0 Å². The molecule has 0 aliphatic carbocycles. The van der Waals surface area contributed by atoms with Crippen LogP contribution in [0.25, 0.3) is 0 Å². The van der Waals surface area contributed by atoms with Crippen LogP contribution < -0.4 is 10.1 Å². The van der Waals surface area contributed by atoms with Crippen LogP contribution in [0.5, 0.6) is 11.6 Å². The highest BCUT2D eigenvalue weighted by Crippen LogP contribution is 2.31. The van der Waals surface area contributed by atoms with Crippen LogP contribution in [-0.4, -0.2) is 17.0 Å². The van der Waals surface area contributed by atoms with Crippen molar-refractivity contribution < 1.29 is 4.74 Å². The number of nitrogens with zero attached hydrogens (tertiary/aromatic N) is 2. The standard InChI is InChI=1S/C12H12BrN3O/c1-8-3-5-9(6-4-8)17-12-10(13)11(14-2)15-7-16-12/h3-7H,1-2H3,(H,14,15,16). The van der Waals surface area contributed by atoms with E-state index in [2.05, 4.69) is 31.2 Å². The molecule has 2 rings (SSSR count). The Morgan fingerprint density at radius 2 is 1.88 bits per heavy atom. The molecule has 0 spiro atoms. The zero-order valence-corrected chi connectivity index (χ0v) is 11.2. The van der Waals surface area contributed by atoms with Crippen molar-refractivity contribution in [2.24, 2.45) is 0 Å². The van der Waals surface area contributed by atoms with E-state index in [0.29, 0.717) is 16.2 Å². The summed E-state index contributed by atoms with van der Waals surface area (Å²) in [6.07, 6.45) is 1.46. The monoisotopic (exact) mass is 293 g/mol. The summed E-state index contributed by atoms with van der Waals surface area (Å²) < 4.78 is 6.38. The Bertz CT molecular complexity index is 514. The van der Waals surface area contributed by atoms with Gasteiger partial charge in [0.15, 0.2) is 0 Å². The van der Waals surface area contributed by atoms with Crippen LogP contribution in [0.3, 0.4) is 0 Å². The molecule has 1 N–H and O–H groups in total. The third kappa shape index (κ3) is 2.74. The van der Waals surface area contributed by atoms with Crippen LogP contribution in [0.1, 0.15) is 5.56 Å². The van der Waals surface area contributed by atoms with Crippen molar-refractivity contribution in [3.05, 3.63) is 40.6 Å². The Hall–Kier alpha value is -1.62. The van der Waals surface area contributed by atoms with Crippen LogP contribution >= 0.6 is 15.9 Å². The number of hydrogen-bond donors (Lipinski definition) is 1. The molecule has 5 heteroatoms. The first-order valence-corrected chi connectivity index (χ1v) is 5.93. The van der Waals surface area contributed by atoms with Crippen molar-refractivity contribution in [3.63, 3.8) is 0 Å². The average Bonchev–Trinajstić information content (AvgIpc) is 2.35. The second kappa shape index (κ2) is 5.14. The summed E-state index contributed by atoms with van der Waals surface area (Å²) in [5, 5.41) is 2.95. The number of anilines is 1. The second-order valence-corrected chi connectivity index (χ2v) is 4.30. The Kier molecular flexibility index (Phi) is 3.58. The molecule has 1 aromatic heterocycles. The Morgan fingerprint density at radius 3 is 2.53 bits per heavy atom. The number of rotatable bonds is 3. The van der Waals surface area contributed by atoms with Crippen molar-refractivity contribution >= 4 is 21.7 Å². The predicted octanol–water partition coefficient (Wildman–Crippen LogP) is 3.38. The van der Waals surface area contributed by atoms with Crippen molar-refractivity contribution in [2.45, 2.75) is 6.92 Å². The van der Waals surface area contributed by atoms with E-state index in [1.165, 1.54) is 11.9 Å². The predicted molar refractivity (Wildman–Crippen MR) is 70.5 cm³/mol. The number of aromatic nitrogens is 2. The largest absolute Gasteiger partial charge is 0.438 e. The van der Waals surface area contributed by atoms with Crippen molar-refractivity contribution in [2.75, 3.05) is 12.4 Å². The van der Waals surface area contributed by atoms with Gasteiger partial charge in [0.05, 0.1) is 0 Å². The third-order valence-corrected chi connectivity index (χ3v) is 2.94. The van der Waals surface area contributed by atoms with Gasteiger partial charge < -0.3 is 10.1 Å². The molecule has 0 unspecified atom stereocenters. The van der Waals surface area contributed by atoms with E-state index >= 15 is 0 Å². The summed E-state index contributed by atoms with van der Waals surface area (Å²) in [6, 6.07) is 7.79. The summed E-state index contributed by atoms with van der Waals surface area (Å²) in [7, 11) is 1.79. The third-order valence-electron chi connectivity index (χ3n) is 2.23. The molecule has 0 aliphatic rings. The lowest BCUT2D eigenvalue weighted by atomic mass is 10.2. The van der Waals surface area contributed by atoms with Gasteiger partial charge in [-0.25, -0.2) is 9.97 Å². The lowest BCUT2D eigenvalue weighted by Gasteiger charge is -2.08. The van der Waals surface area contributed by atoms with E-state index in [9.17, 15) is 0 Å². The van der Waals surface area contributed by atoms with Gasteiger partial charge >= 0.3 is 0 Å². The van der Waals surface area contributed by atoms with E-state index in [1.54, 1.807) is 7.05 Å². The zero-order valence-electron chi connectivity index (χ0n) is 9.57. The number of nitrogens with one attached hydrogen (secondary N) is 1. The van der Waals surface area contributed by atoms with Gasteiger partial charge in [0.2, 0.25) is 5.88 Å². The molecule has 1 heterocycles. The van der Waals surface area contributed by atoms with Crippen molar-refractivity contribution in [3.8, 4) is 11.6 Å². The fourth-order valence-corrected chi connectivity index (χ4v) is 1.80. The lowest BCUT2D eigenvalue weighted by molar-refractivity contribution is 0.458. The summed E-state index contributed by atoms with van der Waals surface area (Å²) in [4.78, 5) is 8.15. The smallest absolute Gasteiger partial charge is 0.238 e. The van der Waals surface area contributed by atoms with Gasteiger partial charge in [0.1, 0.15) is 22.4 Å². The molecule has 1 aromatic carbocycles. The van der Waals surface area contributed by atoms with E-state index < -0.39 is 0 Å². The molecule has 0 amide bonds. The first-order chi connectivity index (χ1) is 8.20. The molecule has 88 valence electrons. The number of aryl methyl sites for hydroxylation is 1. The summed E-state index contributed by atoms with van der Waals surface area (Å²) in [5.74, 6) is 1.94. The molecule has 0 radical (unpaired) electrons. The fourth-order valence-electron chi connectivity index (χ4n) is 1.32. The van der Waals surface area contributed by atoms with Gasteiger partial charge in [-0.2, -0.15) is 0 Å². The highest BCUT2D eigenvalue weighted by molar-refractivity contribution is 9.10. The first-order valence-electron chi connectivity index (χ1n) is 5.13. The fraction of sp³-hybridized carbons (Fsp3) is 0.167. The maximum atomic E-state index is 5.67. The van der Waals surface area contributed by atoms with E-state index in [4.69, 9.17) is 4.74 Å². The minimum atomic E-state index is 0.494. The van der Waals surface area contributed by atoms with E-state index in [0.717, 1.165) is 5.75 Å². The van der Waals surface area contributed by atoms with Crippen LogP contribution in [0.15, 0.2) is 35.1 Å². The lowest BCUT2D eigenvalue weighted by Crippen LogP contribution is -1.97. The van der Waals surface area contributed by atoms with Gasteiger partial charge in [-0.05, 0) is 35.0 Å². The topological polar surface area (TPSA) is 47.0 Å². The minimum Gasteiger partial charge on any atom is -0.438 e. The highest BCUT2D eigenvalue weighted by atomic mass is 79.9. The van der Waals surface area contributed by atoms with E-state index in [-0.39, 0.29) is 0 Å². The summed E-state index contributed by atoms with van der Waals surface area (Å²) >= 11 is 3.40. The molecular weight excluding hydrogens is 282 g/mol. The molecular formula is C12H12BrN3O. The summed E-state index contributed by atoms with van der Waals surface area (Å²) in [6.45, 7) is 2.03. The number of benzene rings is 1. The zero-order chi connectivity index (χ0) is 12.3. The first kappa shape index (κ1) is 11.9. The van der Waals surface area contributed by atoms with Gasteiger partial charge in [-0.3, -0.25) is 0 Å². The van der Waals surface area contributed by atoms with Crippen LogP contribution in [0.2, 0.25) is 0 Å². The molecule has 0 saturated heterocycles. The van der Waals surface area contributed by atoms with E-state index in [1.807, 2.05) is 31.2 Å².